The summed E-state index contributed by atoms with van der Waals surface area (Å²) < 4.78 is 13.9. The summed E-state index contributed by atoms with van der Waals surface area (Å²) in [6, 6.07) is 3.33. The zero-order valence-corrected chi connectivity index (χ0v) is 17.0. The first-order valence-electron chi connectivity index (χ1n) is 10.2. The molecule has 0 aromatic carbocycles. The lowest BCUT2D eigenvalue weighted by Crippen LogP contribution is -2.45. The molecule has 152 valence electrons. The summed E-state index contributed by atoms with van der Waals surface area (Å²) >= 11 is 0. The van der Waals surface area contributed by atoms with Crippen LogP contribution >= 0.6 is 0 Å². The predicted molar refractivity (Wildman–Crippen MR) is 111 cm³/mol. The minimum Gasteiger partial charge on any atom is -0.356 e. The molecule has 1 aromatic heterocycles. The van der Waals surface area contributed by atoms with Gasteiger partial charge in [0.1, 0.15) is 0 Å². The van der Waals surface area contributed by atoms with Crippen molar-refractivity contribution in [2.24, 2.45) is 4.99 Å². The third kappa shape index (κ3) is 6.97. The Hall–Kier alpha value is -1.89. The van der Waals surface area contributed by atoms with E-state index in [-0.39, 0.29) is 11.9 Å². The molecule has 0 spiro atoms. The maximum absolute atomic E-state index is 13.9. The molecule has 0 bridgehead atoms. The van der Waals surface area contributed by atoms with Crippen molar-refractivity contribution < 1.29 is 4.39 Å². The van der Waals surface area contributed by atoms with Gasteiger partial charge in [0.05, 0.1) is 0 Å². The maximum atomic E-state index is 13.9. The monoisotopic (exact) mass is 378 g/mol. The van der Waals surface area contributed by atoms with E-state index in [1.54, 1.807) is 19.3 Å². The van der Waals surface area contributed by atoms with Gasteiger partial charge in [-0.3, -0.25) is 4.99 Å². The van der Waals surface area contributed by atoms with E-state index >= 15 is 0 Å². The smallest absolute Gasteiger partial charge is 0.191 e. The first-order chi connectivity index (χ1) is 13.2. The van der Waals surface area contributed by atoms with E-state index in [0.29, 0.717) is 5.82 Å². The van der Waals surface area contributed by atoms with Crippen LogP contribution in [0.3, 0.4) is 0 Å². The highest BCUT2D eigenvalue weighted by molar-refractivity contribution is 5.80. The van der Waals surface area contributed by atoms with E-state index in [2.05, 4.69) is 39.4 Å². The van der Waals surface area contributed by atoms with Crippen molar-refractivity contribution >= 4 is 11.8 Å². The van der Waals surface area contributed by atoms with Gasteiger partial charge in [0, 0.05) is 38.9 Å². The van der Waals surface area contributed by atoms with E-state index in [0.717, 1.165) is 45.0 Å². The highest BCUT2D eigenvalue weighted by Crippen LogP contribution is 2.20. The molecular weight excluding hydrogens is 343 g/mol. The minimum atomic E-state index is -0.260. The van der Waals surface area contributed by atoms with Crippen molar-refractivity contribution in [3.63, 3.8) is 0 Å². The van der Waals surface area contributed by atoms with Crippen LogP contribution in [0.4, 0.5) is 10.2 Å². The third-order valence-electron chi connectivity index (χ3n) is 4.81. The summed E-state index contributed by atoms with van der Waals surface area (Å²) in [6.07, 6.45) is 6.07. The Morgan fingerprint density at radius 3 is 2.78 bits per heavy atom. The Morgan fingerprint density at radius 2 is 2.11 bits per heavy atom. The van der Waals surface area contributed by atoms with Gasteiger partial charge in [-0.2, -0.15) is 0 Å². The van der Waals surface area contributed by atoms with E-state index in [1.807, 2.05) is 4.90 Å². The molecule has 6 nitrogen and oxygen atoms in total. The fraction of sp³-hybridized carbons (Fsp3) is 0.700. The molecule has 1 unspecified atom stereocenters. The zero-order chi connectivity index (χ0) is 19.5. The second kappa shape index (κ2) is 11.7. The van der Waals surface area contributed by atoms with Gasteiger partial charge in [-0.25, -0.2) is 9.37 Å². The van der Waals surface area contributed by atoms with Crippen molar-refractivity contribution in [1.82, 2.24) is 20.5 Å². The summed E-state index contributed by atoms with van der Waals surface area (Å²) in [5.74, 6) is 1.00. The lowest BCUT2D eigenvalue weighted by Gasteiger charge is -2.22. The van der Waals surface area contributed by atoms with Gasteiger partial charge in [-0.1, -0.05) is 13.8 Å². The quantitative estimate of drug-likeness (QED) is 0.372. The topological polar surface area (TPSA) is 55.8 Å². The summed E-state index contributed by atoms with van der Waals surface area (Å²) in [6.45, 7) is 10.3. The van der Waals surface area contributed by atoms with E-state index in [9.17, 15) is 4.39 Å². The van der Waals surface area contributed by atoms with Gasteiger partial charge in [-0.15, -0.1) is 0 Å². The third-order valence-corrected chi connectivity index (χ3v) is 4.81. The highest BCUT2D eigenvalue weighted by atomic mass is 19.1. The number of hydrogen-bond acceptors (Lipinski definition) is 4. The summed E-state index contributed by atoms with van der Waals surface area (Å²) in [4.78, 5) is 13.0. The Morgan fingerprint density at radius 1 is 1.33 bits per heavy atom. The van der Waals surface area contributed by atoms with Crippen LogP contribution in [0.25, 0.3) is 0 Å². The van der Waals surface area contributed by atoms with Crippen LogP contribution in [0.1, 0.15) is 39.5 Å². The Kier molecular flexibility index (Phi) is 9.31. The van der Waals surface area contributed by atoms with E-state index in [4.69, 9.17) is 0 Å². The normalized spacial score (nSPS) is 17.6. The molecule has 1 aromatic rings. The number of rotatable bonds is 10. The van der Waals surface area contributed by atoms with Crippen molar-refractivity contribution in [3.05, 3.63) is 24.1 Å². The fourth-order valence-corrected chi connectivity index (χ4v) is 3.55. The maximum Gasteiger partial charge on any atom is 0.191 e. The van der Waals surface area contributed by atoms with Gasteiger partial charge in [0.2, 0.25) is 0 Å². The second-order valence-electron chi connectivity index (χ2n) is 7.08. The standard InChI is InChI=1S/C20H35FN6/c1-4-12-26(13-5-2)14-7-11-24-20(22-3)25-17-9-15-27(16-17)19-18(21)8-6-10-23-19/h6,8,10,17H,4-5,7,9,11-16H2,1-3H3,(H2,22,24,25). The van der Waals surface area contributed by atoms with Crippen molar-refractivity contribution in [2.45, 2.75) is 45.6 Å². The number of nitrogens with one attached hydrogen (secondary N) is 2. The molecule has 7 heteroatoms. The molecule has 2 N–H and O–H groups in total. The van der Waals surface area contributed by atoms with Gasteiger partial charge in [-0.05, 0) is 57.5 Å². The number of hydrogen-bond donors (Lipinski definition) is 2. The Labute approximate surface area is 163 Å². The minimum absolute atomic E-state index is 0.245. The van der Waals surface area contributed by atoms with Crippen LogP contribution < -0.4 is 15.5 Å². The first-order valence-corrected chi connectivity index (χ1v) is 10.2. The average Bonchev–Trinajstić information content (AvgIpc) is 3.13. The van der Waals surface area contributed by atoms with Gasteiger partial charge >= 0.3 is 0 Å². The van der Waals surface area contributed by atoms with Gasteiger partial charge in [0.15, 0.2) is 17.6 Å². The molecule has 2 rings (SSSR count). The number of aromatic nitrogens is 1. The SMILES string of the molecule is CCCN(CCC)CCCNC(=NC)NC1CCN(c2ncccc2F)C1. The van der Waals surface area contributed by atoms with Crippen LogP contribution in [0.2, 0.25) is 0 Å². The average molecular weight is 379 g/mol. The number of guanidine groups is 1. The highest BCUT2D eigenvalue weighted by Gasteiger charge is 2.25. The van der Waals surface area contributed by atoms with Crippen molar-refractivity contribution in [3.8, 4) is 0 Å². The van der Waals surface area contributed by atoms with Crippen molar-refractivity contribution in [1.29, 1.82) is 0 Å². The lowest BCUT2D eigenvalue weighted by atomic mass is 10.3. The second-order valence-corrected chi connectivity index (χ2v) is 7.08. The predicted octanol–water partition coefficient (Wildman–Crippen LogP) is 2.48. The number of halogens is 1. The Bertz CT molecular complexity index is 573. The number of nitrogens with zero attached hydrogens (tertiary/aromatic N) is 4. The molecular formula is C20H35FN6. The van der Waals surface area contributed by atoms with Crippen LogP contribution in [0.5, 0.6) is 0 Å². The molecule has 27 heavy (non-hydrogen) atoms. The van der Waals surface area contributed by atoms with E-state index in [1.165, 1.54) is 32.0 Å². The zero-order valence-electron chi connectivity index (χ0n) is 17.0. The fourth-order valence-electron chi connectivity index (χ4n) is 3.55. The molecule has 0 radical (unpaired) electrons. The Balaban J connectivity index is 1.72. The molecule has 1 atom stereocenters. The van der Waals surface area contributed by atoms with Crippen LogP contribution in [0, 0.1) is 5.82 Å². The van der Waals surface area contributed by atoms with Crippen LogP contribution in [-0.4, -0.2) is 68.2 Å². The molecule has 0 amide bonds. The molecule has 1 saturated heterocycles. The lowest BCUT2D eigenvalue weighted by molar-refractivity contribution is 0.271. The molecule has 2 heterocycles. The number of aliphatic imine (C=N–C) groups is 1. The van der Waals surface area contributed by atoms with E-state index < -0.39 is 0 Å². The van der Waals surface area contributed by atoms with Crippen molar-refractivity contribution in [2.75, 3.05) is 51.2 Å². The number of pyridine rings is 1. The summed E-state index contributed by atoms with van der Waals surface area (Å²) in [7, 11) is 1.79. The van der Waals surface area contributed by atoms with Gasteiger partial charge in [0.25, 0.3) is 0 Å². The first kappa shape index (κ1) is 21.4. The van der Waals surface area contributed by atoms with Crippen LogP contribution in [0.15, 0.2) is 23.3 Å². The summed E-state index contributed by atoms with van der Waals surface area (Å²) in [5.41, 5.74) is 0. The largest absolute Gasteiger partial charge is 0.356 e. The molecule has 1 aliphatic rings. The van der Waals surface area contributed by atoms with Gasteiger partial charge < -0.3 is 20.4 Å². The molecule has 0 aliphatic carbocycles. The summed E-state index contributed by atoms with van der Waals surface area (Å²) in [5, 5.41) is 6.86. The van der Waals surface area contributed by atoms with Crippen LogP contribution in [-0.2, 0) is 0 Å². The molecule has 1 aliphatic heterocycles. The number of anilines is 1. The molecule has 1 fully saturated rings. The molecule has 0 saturated carbocycles.